The molecule has 0 spiro atoms. The summed E-state index contributed by atoms with van der Waals surface area (Å²) < 4.78 is 130. The second-order valence-corrected chi connectivity index (χ2v) is 21.1. The average molecular weight is 1100 g/mol. The Kier molecular flexibility index (Phi) is 19.8. The number of nitrogens with one attached hydrogen (secondary N) is 2. The van der Waals surface area contributed by atoms with Crippen molar-refractivity contribution in [3.8, 4) is 11.8 Å². The molecule has 7 rings (SSSR count). The number of fused-ring (bicyclic) bond motifs is 2. The number of benzene rings is 2. The number of Topliss-reactive ketones (excluding diaryl/α,β-unsaturated/α-hetero) is 1. The Labute approximate surface area is 441 Å². The van der Waals surface area contributed by atoms with Crippen LogP contribution in [-0.4, -0.2) is 142 Å². The van der Waals surface area contributed by atoms with Gasteiger partial charge in [-0.3, -0.25) is 19.3 Å². The Morgan fingerprint density at radius 2 is 1.38 bits per heavy atom. The van der Waals surface area contributed by atoms with Gasteiger partial charge in [-0.1, -0.05) is 37.8 Å². The van der Waals surface area contributed by atoms with Crippen molar-refractivity contribution in [2.24, 2.45) is 28.4 Å². The maximum absolute atomic E-state index is 15.0. The summed E-state index contributed by atoms with van der Waals surface area (Å²) in [4.78, 5) is 57.4. The first kappa shape index (κ1) is 60.3. The molecule has 4 fully saturated rings. The molecule has 0 radical (unpaired) electrons. The second-order valence-electron chi connectivity index (χ2n) is 21.1. The Balaban J connectivity index is 0.000000519. The number of methoxy groups -OCH3 is 2. The lowest BCUT2D eigenvalue weighted by Crippen LogP contribution is -2.62. The number of aliphatic hydroxyl groups excluding tert-OH is 1. The van der Waals surface area contributed by atoms with E-state index in [-0.39, 0.29) is 31.0 Å². The molecule has 6 atom stereocenters. The normalized spacial score (nSPS) is 19.7. The molecule has 23 heteroatoms. The minimum atomic E-state index is -4.89. The molecule has 422 valence electrons. The number of anilines is 1. The van der Waals surface area contributed by atoms with Gasteiger partial charge in [-0.25, -0.2) is 18.6 Å². The van der Waals surface area contributed by atoms with Gasteiger partial charge in [0.05, 0.1) is 76.0 Å². The fourth-order valence-electron chi connectivity index (χ4n) is 9.78. The zero-order chi connectivity index (χ0) is 56.6. The first-order chi connectivity index (χ1) is 36.1. The van der Waals surface area contributed by atoms with Crippen LogP contribution in [0.25, 0.3) is 0 Å². The highest BCUT2D eigenvalue weighted by Gasteiger charge is 2.56. The maximum Gasteiger partial charge on any atom is 0.407 e. The summed E-state index contributed by atoms with van der Waals surface area (Å²) in [6.45, 7) is 6.93. The van der Waals surface area contributed by atoms with Gasteiger partial charge >= 0.3 is 24.4 Å². The predicted molar refractivity (Wildman–Crippen MR) is 265 cm³/mol. The van der Waals surface area contributed by atoms with Crippen molar-refractivity contribution in [1.29, 1.82) is 0 Å². The highest BCUT2D eigenvalue weighted by atomic mass is 19.4. The lowest BCUT2D eigenvalue weighted by Gasteiger charge is -2.47. The first-order valence-electron chi connectivity index (χ1n) is 25.1. The molecular formula is C54H66F8N6O9. The fraction of sp³-hybridized carbons (Fsp3) is 0.574. The van der Waals surface area contributed by atoms with Crippen molar-refractivity contribution in [3.05, 3.63) is 94.2 Å². The number of piperazine rings is 1. The topological polar surface area (TPSA) is 195 Å². The molecule has 1 aromatic heterocycles. The molecule has 0 saturated carbocycles. The number of alkyl halides is 6. The minimum absolute atomic E-state index is 0.0381. The van der Waals surface area contributed by atoms with Crippen LogP contribution in [0.2, 0.25) is 0 Å². The average Bonchev–Trinajstić information content (AvgIpc) is 3.58. The van der Waals surface area contributed by atoms with Crippen LogP contribution < -0.4 is 21.3 Å². The Bertz CT molecular complexity index is 2560. The number of hydrogen-bond acceptors (Lipinski definition) is 13. The van der Waals surface area contributed by atoms with Gasteiger partial charge in [-0.2, -0.15) is 26.3 Å². The number of aliphatic hydroxyl groups is 1. The number of ketones is 1. The molecule has 4 saturated heterocycles. The molecule has 4 aliphatic rings. The SMILES string of the molecule is COC(=O)C[C@H](C(N)=O)C(C)(C)C(F)(F)F.COC(=O)N[C@H](C(=O)C[C@@H](Cc1ccc(C#Cc2ccc(N3CC4CCC(C3)N4C3COC3)nc2)cc1)[C@@H](O)CNCc1c(F)cc(C2COC2)cc1F)C(C)(C)C(F)(F)F. The van der Waals surface area contributed by atoms with Crippen molar-refractivity contribution < 1.29 is 78.4 Å². The second kappa shape index (κ2) is 25.2. The van der Waals surface area contributed by atoms with Crippen LogP contribution in [0, 0.1) is 46.1 Å². The third-order valence-electron chi connectivity index (χ3n) is 15.2. The van der Waals surface area contributed by atoms with E-state index in [1.807, 2.05) is 17.4 Å². The van der Waals surface area contributed by atoms with Gasteiger partial charge in [0.2, 0.25) is 5.91 Å². The van der Waals surface area contributed by atoms with Crippen molar-refractivity contribution in [2.45, 2.75) is 115 Å². The van der Waals surface area contributed by atoms with E-state index in [4.69, 9.17) is 20.2 Å². The number of alkyl carbamates (subject to hydrolysis) is 1. The monoisotopic (exact) mass is 1090 g/mol. The summed E-state index contributed by atoms with van der Waals surface area (Å²) in [5, 5.41) is 16.3. The number of hydrogen-bond donors (Lipinski definition) is 4. The van der Waals surface area contributed by atoms with E-state index in [2.05, 4.69) is 36.4 Å². The van der Waals surface area contributed by atoms with Crippen molar-refractivity contribution >= 4 is 29.6 Å². The van der Waals surface area contributed by atoms with Crippen LogP contribution in [0.3, 0.4) is 0 Å². The van der Waals surface area contributed by atoms with E-state index in [0.29, 0.717) is 48.0 Å². The Hall–Kier alpha value is -5.93. The largest absolute Gasteiger partial charge is 0.469 e. The third kappa shape index (κ3) is 14.8. The van der Waals surface area contributed by atoms with E-state index in [1.165, 1.54) is 25.0 Å². The molecule has 15 nitrogen and oxygen atoms in total. The number of amides is 2. The van der Waals surface area contributed by atoms with Gasteiger partial charge in [-0.15, -0.1) is 0 Å². The van der Waals surface area contributed by atoms with Crippen LogP contribution in [0.5, 0.6) is 0 Å². The van der Waals surface area contributed by atoms with Crippen LogP contribution in [-0.2, 0) is 46.3 Å². The molecule has 2 unspecified atom stereocenters. The zero-order valence-electron chi connectivity index (χ0n) is 43.7. The number of rotatable bonds is 19. The van der Waals surface area contributed by atoms with Crippen molar-refractivity contribution in [2.75, 3.05) is 65.2 Å². The van der Waals surface area contributed by atoms with E-state index in [0.717, 1.165) is 79.6 Å². The van der Waals surface area contributed by atoms with Gasteiger partial charge in [0.1, 0.15) is 23.5 Å². The van der Waals surface area contributed by atoms with Gasteiger partial charge < -0.3 is 45.3 Å². The van der Waals surface area contributed by atoms with Crippen LogP contribution in [0.15, 0.2) is 54.7 Å². The summed E-state index contributed by atoms with van der Waals surface area (Å²) in [5.41, 5.74) is 2.09. The number of aromatic nitrogens is 1. The fourth-order valence-corrected chi connectivity index (χ4v) is 9.78. The zero-order valence-corrected chi connectivity index (χ0v) is 43.7. The molecule has 77 heavy (non-hydrogen) atoms. The van der Waals surface area contributed by atoms with Gasteiger partial charge in [0, 0.05) is 73.5 Å². The maximum atomic E-state index is 15.0. The number of pyridine rings is 1. The number of carbonyl (C=O) groups is 4. The van der Waals surface area contributed by atoms with Crippen molar-refractivity contribution in [1.82, 2.24) is 20.5 Å². The summed E-state index contributed by atoms with van der Waals surface area (Å²) in [6.07, 6.45) is -9.20. The molecule has 2 aromatic carbocycles. The number of esters is 1. The van der Waals surface area contributed by atoms with Crippen LogP contribution >= 0.6 is 0 Å². The van der Waals surface area contributed by atoms with Gasteiger partial charge in [0.25, 0.3) is 0 Å². The van der Waals surface area contributed by atoms with Gasteiger partial charge in [-0.05, 0) is 86.6 Å². The molecule has 0 aliphatic carbocycles. The summed E-state index contributed by atoms with van der Waals surface area (Å²) >= 11 is 0. The van der Waals surface area contributed by atoms with E-state index < -0.39 is 95.4 Å². The smallest absolute Gasteiger partial charge is 0.407 e. The Morgan fingerprint density at radius 1 is 0.805 bits per heavy atom. The minimum Gasteiger partial charge on any atom is -0.469 e. The Morgan fingerprint density at radius 3 is 1.86 bits per heavy atom. The lowest BCUT2D eigenvalue weighted by atomic mass is 9.76. The molecule has 2 bridgehead atoms. The lowest BCUT2D eigenvalue weighted by molar-refractivity contribution is -0.229. The quantitative estimate of drug-likeness (QED) is 0.0561. The van der Waals surface area contributed by atoms with E-state index in [9.17, 15) is 59.4 Å². The summed E-state index contributed by atoms with van der Waals surface area (Å²) in [5.74, 6) is -0.121. The van der Waals surface area contributed by atoms with E-state index >= 15 is 0 Å². The summed E-state index contributed by atoms with van der Waals surface area (Å²) in [6, 6.07) is 13.0. The standard InChI is InChI=1S/C45H52F5N5O6.C9H14F3NO3/c1-44(2,45(48,49)50)42(53-43(58)59-3)39(56)17-31(40(57)20-51-19-36-37(46)15-30(16-38(36)47)32-23-60-24-32)14-28-7-4-27(5-8-28)6-9-29-10-13-41(52-18-29)54-21-33-11-12-34(22-54)55(33)35-25-61-26-35;1-8(2,9(10,11)12)5(7(13)15)4-6(14)16-3/h4-5,7-8,10,13,15-16,18,31-35,40,42,51,57H,11-12,14,17,19-26H2,1-3H3,(H,53,58);5H,4H2,1-3H3,(H2,13,15)/t31-,33?,34?,40+,42-;5-/m11/s1. The molecule has 4 aliphatic heterocycles. The molecule has 5 heterocycles. The third-order valence-corrected chi connectivity index (χ3v) is 15.2. The molecule has 5 N–H and O–H groups in total. The predicted octanol–water partition coefficient (Wildman–Crippen LogP) is 6.75. The summed E-state index contributed by atoms with van der Waals surface area (Å²) in [7, 11) is 2.00. The van der Waals surface area contributed by atoms with E-state index in [1.54, 1.807) is 30.5 Å². The molecule has 3 aromatic rings. The van der Waals surface area contributed by atoms with Crippen molar-refractivity contribution in [3.63, 3.8) is 0 Å². The molecular weight excluding hydrogens is 1030 g/mol. The first-order valence-corrected chi connectivity index (χ1v) is 25.1. The van der Waals surface area contributed by atoms with Crippen LogP contribution in [0.4, 0.5) is 45.7 Å². The molecule has 2 amide bonds. The number of ether oxygens (including phenoxy) is 4. The number of halogens is 8. The number of carbonyl (C=O) groups excluding carboxylic acids is 4. The number of nitrogens with zero attached hydrogens (tertiary/aromatic N) is 3. The number of nitrogens with two attached hydrogens (primary N) is 1. The van der Waals surface area contributed by atoms with Gasteiger partial charge in [0.15, 0.2) is 5.78 Å². The highest BCUT2D eigenvalue weighted by Crippen LogP contribution is 2.45. The number of primary amides is 1. The highest BCUT2D eigenvalue weighted by molar-refractivity contribution is 5.88. The van der Waals surface area contributed by atoms with Crippen LogP contribution in [0.1, 0.15) is 87.1 Å².